The van der Waals surface area contributed by atoms with E-state index in [-0.39, 0.29) is 0 Å². The van der Waals surface area contributed by atoms with Gasteiger partial charge >= 0.3 is 0 Å². The van der Waals surface area contributed by atoms with Crippen LogP contribution in [0, 0.1) is 0 Å². The molecule has 2 aromatic rings. The Kier molecular flexibility index (Phi) is 5.17. The lowest BCUT2D eigenvalue weighted by atomic mass is 10.1. The van der Waals surface area contributed by atoms with Crippen molar-refractivity contribution in [3.05, 3.63) is 35.9 Å². The minimum Gasteiger partial charge on any atom is -0.383 e. The predicted molar refractivity (Wildman–Crippen MR) is 92.5 cm³/mol. The molecule has 2 rings (SSSR count). The van der Waals surface area contributed by atoms with Gasteiger partial charge < -0.3 is 16.0 Å². The van der Waals surface area contributed by atoms with Crippen molar-refractivity contribution < 1.29 is 0 Å². The number of benzene rings is 1. The summed E-state index contributed by atoms with van der Waals surface area (Å²) in [5.74, 6) is 1.44. The van der Waals surface area contributed by atoms with Crippen molar-refractivity contribution in [2.24, 2.45) is 0 Å². The van der Waals surface area contributed by atoms with Crippen LogP contribution < -0.4 is 11.1 Å². The Morgan fingerprint density at radius 3 is 2.62 bits per heavy atom. The highest BCUT2D eigenvalue weighted by Gasteiger charge is 2.09. The fourth-order valence-corrected chi connectivity index (χ4v) is 2.38. The quantitative estimate of drug-likeness (QED) is 0.800. The van der Waals surface area contributed by atoms with Crippen molar-refractivity contribution in [2.75, 3.05) is 38.2 Å². The van der Waals surface area contributed by atoms with Crippen LogP contribution in [-0.4, -0.2) is 37.1 Å². The number of nitrogens with two attached hydrogens (primary N) is 1. The first kappa shape index (κ1) is 15.3. The van der Waals surface area contributed by atoms with Gasteiger partial charge in [0.05, 0.1) is 0 Å². The Hall–Kier alpha value is -2.07. The van der Waals surface area contributed by atoms with Gasteiger partial charge in [-0.15, -0.1) is 0 Å². The van der Waals surface area contributed by atoms with Gasteiger partial charge in [-0.05, 0) is 39.4 Å². The number of anilines is 2. The van der Waals surface area contributed by atoms with Crippen molar-refractivity contribution in [3.8, 4) is 0 Å². The van der Waals surface area contributed by atoms with Crippen molar-refractivity contribution in [2.45, 2.75) is 13.3 Å². The average molecular weight is 284 g/mol. The molecular weight excluding hydrogens is 260 g/mol. The lowest BCUT2D eigenvalue weighted by Gasteiger charge is -2.14. The summed E-state index contributed by atoms with van der Waals surface area (Å²) >= 11 is 0. The second kappa shape index (κ2) is 7.09. The summed E-state index contributed by atoms with van der Waals surface area (Å²) in [6, 6.07) is 8.24. The number of pyridine rings is 1. The van der Waals surface area contributed by atoms with Crippen LogP contribution in [0.2, 0.25) is 0 Å². The largest absolute Gasteiger partial charge is 0.383 e. The van der Waals surface area contributed by atoms with Gasteiger partial charge in [0.15, 0.2) is 0 Å². The Balaban J connectivity index is 2.30. The van der Waals surface area contributed by atoms with Crippen LogP contribution in [0.15, 0.2) is 30.3 Å². The number of hydrogen-bond acceptors (Lipinski definition) is 4. The van der Waals surface area contributed by atoms with Crippen molar-refractivity contribution >= 4 is 28.5 Å². The van der Waals surface area contributed by atoms with Gasteiger partial charge in [0.1, 0.15) is 11.6 Å². The molecule has 21 heavy (non-hydrogen) atoms. The standard InChI is InChI=1S/C17H24N4/c1-4-8-14-13-9-5-6-10-15(13)17(20-16(14)18)19-11-7-12-21(2)3/h4-6,8-10H,7,11-12H2,1-3H3,(H3,18,19,20)/b8-4-. The van der Waals surface area contributed by atoms with Crippen LogP contribution >= 0.6 is 0 Å². The van der Waals surface area contributed by atoms with E-state index in [2.05, 4.69) is 41.4 Å². The third-order valence-electron chi connectivity index (χ3n) is 3.39. The van der Waals surface area contributed by atoms with E-state index in [4.69, 9.17) is 5.73 Å². The van der Waals surface area contributed by atoms with Crippen LogP contribution in [0.1, 0.15) is 18.9 Å². The third-order valence-corrected chi connectivity index (χ3v) is 3.39. The molecule has 0 aliphatic heterocycles. The van der Waals surface area contributed by atoms with Crippen molar-refractivity contribution in [1.29, 1.82) is 0 Å². The lowest BCUT2D eigenvalue weighted by Crippen LogP contribution is -2.17. The first-order valence-corrected chi connectivity index (χ1v) is 7.33. The van der Waals surface area contributed by atoms with Crippen molar-refractivity contribution in [1.82, 2.24) is 9.88 Å². The Labute approximate surface area is 126 Å². The Morgan fingerprint density at radius 1 is 1.24 bits per heavy atom. The van der Waals surface area contributed by atoms with E-state index in [9.17, 15) is 0 Å². The van der Waals surface area contributed by atoms with E-state index < -0.39 is 0 Å². The number of fused-ring (bicyclic) bond motifs is 1. The Morgan fingerprint density at radius 2 is 1.95 bits per heavy atom. The molecule has 0 saturated carbocycles. The molecule has 3 N–H and O–H groups in total. The normalized spacial score (nSPS) is 11.6. The van der Waals surface area contributed by atoms with Crippen LogP contribution in [0.25, 0.3) is 16.8 Å². The van der Waals surface area contributed by atoms with Crippen LogP contribution in [0.4, 0.5) is 11.6 Å². The van der Waals surface area contributed by atoms with Gasteiger partial charge in [0, 0.05) is 17.5 Å². The molecule has 0 atom stereocenters. The summed E-state index contributed by atoms with van der Waals surface area (Å²) < 4.78 is 0. The second-order valence-corrected chi connectivity index (χ2v) is 5.39. The number of nitrogens with zero attached hydrogens (tertiary/aromatic N) is 2. The molecule has 0 bridgehead atoms. The highest BCUT2D eigenvalue weighted by Crippen LogP contribution is 2.29. The minimum absolute atomic E-state index is 0.571. The van der Waals surface area contributed by atoms with Gasteiger partial charge in [0.25, 0.3) is 0 Å². The van der Waals surface area contributed by atoms with E-state index in [0.29, 0.717) is 5.82 Å². The topological polar surface area (TPSA) is 54.2 Å². The molecule has 0 fully saturated rings. The monoisotopic (exact) mass is 284 g/mol. The number of nitrogen functional groups attached to an aromatic ring is 1. The van der Waals surface area contributed by atoms with Crippen molar-refractivity contribution in [3.63, 3.8) is 0 Å². The maximum absolute atomic E-state index is 6.12. The summed E-state index contributed by atoms with van der Waals surface area (Å²) in [6.07, 6.45) is 5.07. The summed E-state index contributed by atoms with van der Waals surface area (Å²) in [5, 5.41) is 5.66. The molecule has 1 aromatic carbocycles. The Bertz CT molecular complexity index is 632. The second-order valence-electron chi connectivity index (χ2n) is 5.39. The summed E-state index contributed by atoms with van der Waals surface area (Å²) in [6.45, 7) is 3.93. The molecule has 0 amide bonds. The third kappa shape index (κ3) is 3.73. The molecule has 1 aromatic heterocycles. The molecule has 0 aliphatic carbocycles. The van der Waals surface area contributed by atoms with Gasteiger partial charge in [0.2, 0.25) is 0 Å². The van der Waals surface area contributed by atoms with E-state index in [0.717, 1.165) is 41.7 Å². The van der Waals surface area contributed by atoms with Gasteiger partial charge in [-0.1, -0.05) is 36.4 Å². The number of allylic oxidation sites excluding steroid dienone is 1. The zero-order valence-corrected chi connectivity index (χ0v) is 13.1. The summed E-state index contributed by atoms with van der Waals surface area (Å²) in [5.41, 5.74) is 7.11. The lowest BCUT2D eigenvalue weighted by molar-refractivity contribution is 0.405. The average Bonchev–Trinajstić information content (AvgIpc) is 2.47. The molecule has 0 aliphatic rings. The van der Waals surface area contributed by atoms with E-state index in [1.165, 1.54) is 0 Å². The molecule has 112 valence electrons. The molecule has 0 saturated heterocycles. The number of hydrogen-bond donors (Lipinski definition) is 2. The molecule has 4 heteroatoms. The fourth-order valence-electron chi connectivity index (χ4n) is 2.38. The van der Waals surface area contributed by atoms with E-state index in [1.807, 2.05) is 31.2 Å². The zero-order chi connectivity index (χ0) is 15.2. The van der Waals surface area contributed by atoms with Crippen LogP contribution in [-0.2, 0) is 0 Å². The summed E-state index contributed by atoms with van der Waals surface area (Å²) in [4.78, 5) is 6.72. The number of nitrogens with one attached hydrogen (secondary N) is 1. The summed E-state index contributed by atoms with van der Waals surface area (Å²) in [7, 11) is 4.16. The molecule has 4 nitrogen and oxygen atoms in total. The highest BCUT2D eigenvalue weighted by atomic mass is 15.1. The van der Waals surface area contributed by atoms with E-state index in [1.54, 1.807) is 0 Å². The van der Waals surface area contributed by atoms with E-state index >= 15 is 0 Å². The molecule has 0 spiro atoms. The first-order chi connectivity index (χ1) is 10.1. The van der Waals surface area contributed by atoms with Crippen LogP contribution in [0.5, 0.6) is 0 Å². The van der Waals surface area contributed by atoms with Gasteiger partial charge in [-0.25, -0.2) is 4.98 Å². The molecular formula is C17H24N4. The fraction of sp³-hybridized carbons (Fsp3) is 0.353. The zero-order valence-electron chi connectivity index (χ0n) is 13.1. The number of aromatic nitrogens is 1. The maximum Gasteiger partial charge on any atom is 0.136 e. The number of rotatable bonds is 6. The predicted octanol–water partition coefficient (Wildman–Crippen LogP) is 3.21. The minimum atomic E-state index is 0.571. The smallest absolute Gasteiger partial charge is 0.136 e. The van der Waals surface area contributed by atoms with Crippen LogP contribution in [0.3, 0.4) is 0 Å². The molecule has 1 heterocycles. The first-order valence-electron chi connectivity index (χ1n) is 7.33. The van der Waals surface area contributed by atoms with Gasteiger partial charge in [-0.2, -0.15) is 0 Å². The molecule has 0 radical (unpaired) electrons. The molecule has 0 unspecified atom stereocenters. The maximum atomic E-state index is 6.12. The SMILES string of the molecule is C/C=C\c1c(N)nc(NCCCN(C)C)c2ccccc12. The highest BCUT2D eigenvalue weighted by molar-refractivity contribution is 6.00. The van der Waals surface area contributed by atoms with Gasteiger partial charge in [-0.3, -0.25) is 0 Å².